The van der Waals surface area contributed by atoms with Gasteiger partial charge in [-0.05, 0) is 30.3 Å². The number of carbonyl (C=O) groups is 2. The molecule has 108 valence electrons. The molecule has 0 fully saturated rings. The number of hydrogen-bond donors (Lipinski definition) is 2. The molecule has 21 heavy (non-hydrogen) atoms. The van der Waals surface area contributed by atoms with Crippen LogP contribution in [0.4, 0.5) is 5.69 Å². The number of halogens is 1. The van der Waals surface area contributed by atoms with Gasteiger partial charge in [0.2, 0.25) is 0 Å². The number of carboxylic acids is 1. The molecule has 0 spiro atoms. The lowest BCUT2D eigenvalue weighted by Crippen LogP contribution is -2.35. The minimum atomic E-state index is -1.15. The first-order valence-corrected chi connectivity index (χ1v) is 6.44. The molecule has 0 bridgehead atoms. The van der Waals surface area contributed by atoms with Gasteiger partial charge in [0, 0.05) is 5.69 Å². The monoisotopic (exact) mass is 305 g/mol. The molecule has 2 aromatic carbocycles. The van der Waals surface area contributed by atoms with Gasteiger partial charge in [-0.2, -0.15) is 0 Å². The number of nitrogens with zero attached hydrogens (tertiary/aromatic N) is 1. The van der Waals surface area contributed by atoms with Gasteiger partial charge in [-0.25, -0.2) is 0 Å². The Morgan fingerprint density at radius 1 is 1.10 bits per heavy atom. The zero-order valence-electron chi connectivity index (χ0n) is 10.9. The summed E-state index contributed by atoms with van der Waals surface area (Å²) in [5, 5.41) is 18.6. The van der Waals surface area contributed by atoms with Crippen molar-refractivity contribution in [3.8, 4) is 5.75 Å². The fraction of sp³-hybridized carbons (Fsp3) is 0.0667. The fourth-order valence-electron chi connectivity index (χ4n) is 1.85. The highest BCUT2D eigenvalue weighted by molar-refractivity contribution is 6.34. The number of rotatable bonds is 4. The molecule has 0 radical (unpaired) electrons. The van der Waals surface area contributed by atoms with Crippen molar-refractivity contribution < 1.29 is 19.8 Å². The zero-order chi connectivity index (χ0) is 15.4. The number of aliphatic carboxylic acids is 1. The van der Waals surface area contributed by atoms with Gasteiger partial charge in [0.05, 0.1) is 10.6 Å². The van der Waals surface area contributed by atoms with Crippen LogP contribution in [-0.4, -0.2) is 28.6 Å². The van der Waals surface area contributed by atoms with Crippen molar-refractivity contribution in [2.24, 2.45) is 0 Å². The molecule has 0 aliphatic heterocycles. The Hall–Kier alpha value is -2.53. The molecule has 2 N–H and O–H groups in total. The smallest absolute Gasteiger partial charge is 0.323 e. The predicted octanol–water partition coefficient (Wildman–Crippen LogP) is 2.78. The summed E-state index contributed by atoms with van der Waals surface area (Å²) in [7, 11) is 0. The number of anilines is 1. The van der Waals surface area contributed by atoms with E-state index in [0.717, 1.165) is 4.90 Å². The van der Waals surface area contributed by atoms with Crippen LogP contribution in [0.3, 0.4) is 0 Å². The van der Waals surface area contributed by atoms with Crippen LogP contribution >= 0.6 is 11.6 Å². The Kier molecular flexibility index (Phi) is 4.45. The third-order valence-electron chi connectivity index (χ3n) is 2.79. The molecule has 0 unspecified atom stereocenters. The van der Waals surface area contributed by atoms with Gasteiger partial charge in [-0.15, -0.1) is 0 Å². The Morgan fingerprint density at radius 2 is 1.76 bits per heavy atom. The molecule has 2 rings (SSSR count). The molecule has 0 heterocycles. The number of carboxylic acid groups (broad SMARTS) is 1. The molecule has 0 atom stereocenters. The molecular weight excluding hydrogens is 294 g/mol. The molecule has 5 nitrogen and oxygen atoms in total. The molecule has 0 aromatic heterocycles. The quantitative estimate of drug-likeness (QED) is 0.910. The molecule has 2 aromatic rings. The highest BCUT2D eigenvalue weighted by atomic mass is 35.5. The second-order valence-electron chi connectivity index (χ2n) is 4.28. The topological polar surface area (TPSA) is 77.8 Å². The third-order valence-corrected chi connectivity index (χ3v) is 3.12. The maximum absolute atomic E-state index is 12.5. The molecular formula is C15H12ClNO4. The number of phenols is 1. The van der Waals surface area contributed by atoms with Crippen LogP contribution in [0.5, 0.6) is 5.75 Å². The van der Waals surface area contributed by atoms with Crippen LogP contribution in [-0.2, 0) is 4.79 Å². The largest absolute Gasteiger partial charge is 0.508 e. The molecule has 6 heteroatoms. The van der Waals surface area contributed by atoms with Crippen molar-refractivity contribution in [1.29, 1.82) is 0 Å². The van der Waals surface area contributed by atoms with Crippen LogP contribution in [0.2, 0.25) is 5.02 Å². The van der Waals surface area contributed by atoms with Crippen LogP contribution in [0.1, 0.15) is 10.4 Å². The number of amides is 1. The summed E-state index contributed by atoms with van der Waals surface area (Å²) >= 11 is 5.95. The van der Waals surface area contributed by atoms with E-state index in [4.69, 9.17) is 16.7 Å². The maximum Gasteiger partial charge on any atom is 0.323 e. The standard InChI is InChI=1S/C15H12ClNO4/c16-13-7-6-11(18)8-12(13)15(21)17(9-14(19)20)10-4-2-1-3-5-10/h1-8,18H,9H2,(H,19,20). The van der Waals surface area contributed by atoms with Gasteiger partial charge in [0.15, 0.2) is 0 Å². The van der Waals surface area contributed by atoms with E-state index in [9.17, 15) is 14.7 Å². The fourth-order valence-corrected chi connectivity index (χ4v) is 2.04. The van der Waals surface area contributed by atoms with Crippen LogP contribution < -0.4 is 4.90 Å². The number of para-hydroxylation sites is 1. The Morgan fingerprint density at radius 3 is 2.38 bits per heavy atom. The molecule has 1 amide bonds. The van der Waals surface area contributed by atoms with E-state index < -0.39 is 18.4 Å². The minimum absolute atomic E-state index is 0.0433. The van der Waals surface area contributed by atoms with Gasteiger partial charge >= 0.3 is 5.97 Å². The summed E-state index contributed by atoms with van der Waals surface area (Å²) in [6, 6.07) is 12.3. The Balaban J connectivity index is 2.43. The normalized spacial score (nSPS) is 10.1. The zero-order valence-corrected chi connectivity index (χ0v) is 11.6. The second kappa shape index (κ2) is 6.28. The van der Waals surface area contributed by atoms with E-state index in [1.54, 1.807) is 30.3 Å². The van der Waals surface area contributed by atoms with Gasteiger partial charge in [-0.3, -0.25) is 14.5 Å². The average Bonchev–Trinajstić information content (AvgIpc) is 2.47. The number of carbonyl (C=O) groups excluding carboxylic acids is 1. The van der Waals surface area contributed by atoms with E-state index in [0.29, 0.717) is 5.69 Å². The molecule has 0 aliphatic rings. The highest BCUT2D eigenvalue weighted by Gasteiger charge is 2.22. The highest BCUT2D eigenvalue weighted by Crippen LogP contribution is 2.25. The van der Waals surface area contributed by atoms with Crippen molar-refractivity contribution >= 4 is 29.2 Å². The van der Waals surface area contributed by atoms with E-state index >= 15 is 0 Å². The third kappa shape index (κ3) is 3.52. The minimum Gasteiger partial charge on any atom is -0.508 e. The van der Waals surface area contributed by atoms with Crippen molar-refractivity contribution in [2.45, 2.75) is 0 Å². The predicted molar refractivity (Wildman–Crippen MR) is 78.9 cm³/mol. The number of hydrogen-bond acceptors (Lipinski definition) is 3. The van der Waals surface area contributed by atoms with Crippen LogP contribution in [0, 0.1) is 0 Å². The summed E-state index contributed by atoms with van der Waals surface area (Å²) < 4.78 is 0. The van der Waals surface area contributed by atoms with E-state index in [-0.39, 0.29) is 16.3 Å². The van der Waals surface area contributed by atoms with Gasteiger partial charge in [-0.1, -0.05) is 29.8 Å². The summed E-state index contributed by atoms with van der Waals surface area (Å²) in [5.74, 6) is -1.86. The number of benzene rings is 2. The lowest BCUT2D eigenvalue weighted by Gasteiger charge is -2.21. The van der Waals surface area contributed by atoms with Crippen molar-refractivity contribution in [1.82, 2.24) is 0 Å². The number of aromatic hydroxyl groups is 1. The SMILES string of the molecule is O=C(O)CN(C(=O)c1cc(O)ccc1Cl)c1ccccc1. The lowest BCUT2D eigenvalue weighted by molar-refractivity contribution is -0.135. The van der Waals surface area contributed by atoms with E-state index in [1.165, 1.54) is 18.2 Å². The first-order chi connectivity index (χ1) is 9.99. The van der Waals surface area contributed by atoms with Gasteiger partial charge in [0.1, 0.15) is 12.3 Å². The maximum atomic E-state index is 12.5. The van der Waals surface area contributed by atoms with Crippen molar-refractivity contribution in [3.63, 3.8) is 0 Å². The second-order valence-corrected chi connectivity index (χ2v) is 4.69. The van der Waals surface area contributed by atoms with Crippen LogP contribution in [0.25, 0.3) is 0 Å². The Labute approximate surface area is 126 Å². The number of phenolic OH excluding ortho intramolecular Hbond substituents is 1. The van der Waals surface area contributed by atoms with Gasteiger partial charge < -0.3 is 10.2 Å². The Bertz CT molecular complexity index is 673. The van der Waals surface area contributed by atoms with Gasteiger partial charge in [0.25, 0.3) is 5.91 Å². The molecule has 0 saturated heterocycles. The first kappa shape index (κ1) is 14.9. The summed E-state index contributed by atoms with van der Waals surface area (Å²) in [6.45, 7) is -0.505. The van der Waals surface area contributed by atoms with E-state index in [1.807, 2.05) is 0 Å². The average molecular weight is 306 g/mol. The van der Waals surface area contributed by atoms with Crippen molar-refractivity contribution in [3.05, 3.63) is 59.1 Å². The summed E-state index contributed by atoms with van der Waals surface area (Å²) in [5.41, 5.74) is 0.478. The van der Waals surface area contributed by atoms with Crippen molar-refractivity contribution in [2.75, 3.05) is 11.4 Å². The first-order valence-electron chi connectivity index (χ1n) is 6.06. The molecule has 0 aliphatic carbocycles. The molecule has 0 saturated carbocycles. The van der Waals surface area contributed by atoms with E-state index in [2.05, 4.69) is 0 Å². The summed E-state index contributed by atoms with van der Waals surface area (Å²) in [4.78, 5) is 24.6. The lowest BCUT2D eigenvalue weighted by atomic mass is 10.1. The van der Waals surface area contributed by atoms with Crippen LogP contribution in [0.15, 0.2) is 48.5 Å². The summed E-state index contributed by atoms with van der Waals surface area (Å²) in [6.07, 6.45) is 0.